The Labute approximate surface area is 159 Å². The molecule has 1 spiro atoms. The highest BCUT2D eigenvalue weighted by molar-refractivity contribution is 5.83. The Hall–Kier alpha value is -2.69. The van der Waals surface area contributed by atoms with Crippen LogP contribution in [0.3, 0.4) is 0 Å². The van der Waals surface area contributed by atoms with Crippen LogP contribution < -0.4 is 5.32 Å². The van der Waals surface area contributed by atoms with E-state index in [0.29, 0.717) is 13.0 Å². The number of carbonyl (C=O) groups excluding carboxylic acids is 2. The Balaban J connectivity index is 1.24. The molecule has 2 amide bonds. The maximum absolute atomic E-state index is 12.5. The van der Waals surface area contributed by atoms with Crippen LogP contribution in [0.1, 0.15) is 30.4 Å². The van der Waals surface area contributed by atoms with E-state index in [0.717, 1.165) is 37.9 Å². The van der Waals surface area contributed by atoms with Crippen molar-refractivity contribution >= 4 is 11.8 Å². The third-order valence-corrected chi connectivity index (χ3v) is 5.93. The van der Waals surface area contributed by atoms with Crippen LogP contribution in [0.5, 0.6) is 0 Å². The highest BCUT2D eigenvalue weighted by Gasteiger charge is 2.61. The maximum Gasteiger partial charge on any atom is 0.224 e. The van der Waals surface area contributed by atoms with Gasteiger partial charge in [-0.1, -0.05) is 30.3 Å². The number of benzene rings is 1. The molecule has 4 rings (SSSR count). The molecular weight excluding hydrogens is 338 g/mol. The SMILES string of the molecule is O=C(NCc1ccncc1)C1CC12CCN(C(=O)CCc1ccccc1)C2. The third kappa shape index (κ3) is 4.02. The van der Waals surface area contributed by atoms with Crippen molar-refractivity contribution in [1.82, 2.24) is 15.2 Å². The fraction of sp³-hybridized carbons (Fsp3) is 0.409. The Morgan fingerprint density at radius 3 is 2.67 bits per heavy atom. The van der Waals surface area contributed by atoms with Crippen molar-refractivity contribution in [2.24, 2.45) is 11.3 Å². The van der Waals surface area contributed by atoms with Gasteiger partial charge in [0.1, 0.15) is 0 Å². The van der Waals surface area contributed by atoms with Crippen LogP contribution in [-0.2, 0) is 22.6 Å². The summed E-state index contributed by atoms with van der Waals surface area (Å²) in [5, 5.41) is 3.03. The lowest BCUT2D eigenvalue weighted by Gasteiger charge is -2.17. The molecule has 5 heteroatoms. The fourth-order valence-electron chi connectivity index (χ4n) is 4.15. The van der Waals surface area contributed by atoms with Crippen LogP contribution in [0.4, 0.5) is 0 Å². The number of nitrogens with zero attached hydrogens (tertiary/aromatic N) is 2. The lowest BCUT2D eigenvalue weighted by Crippen LogP contribution is -2.31. The summed E-state index contributed by atoms with van der Waals surface area (Å²) < 4.78 is 0. The first-order valence-electron chi connectivity index (χ1n) is 9.65. The summed E-state index contributed by atoms with van der Waals surface area (Å²) >= 11 is 0. The van der Waals surface area contributed by atoms with Gasteiger partial charge in [-0.15, -0.1) is 0 Å². The second kappa shape index (κ2) is 7.51. The Morgan fingerprint density at radius 2 is 1.89 bits per heavy atom. The summed E-state index contributed by atoms with van der Waals surface area (Å²) in [6, 6.07) is 13.9. The molecule has 2 heterocycles. The van der Waals surface area contributed by atoms with E-state index in [1.165, 1.54) is 5.56 Å². The minimum Gasteiger partial charge on any atom is -0.352 e. The summed E-state index contributed by atoms with van der Waals surface area (Å²) in [7, 11) is 0. The van der Waals surface area contributed by atoms with E-state index in [4.69, 9.17) is 0 Å². The first kappa shape index (κ1) is 17.7. The van der Waals surface area contributed by atoms with Crippen molar-refractivity contribution in [3.8, 4) is 0 Å². The normalized spacial score (nSPS) is 23.4. The Bertz CT molecular complexity index is 753. The monoisotopic (exact) mass is 363 g/mol. The number of hydrogen-bond acceptors (Lipinski definition) is 3. The standard InChI is InChI=1S/C22H25N3O2/c26-20(7-6-17-4-2-1-3-5-17)25-13-10-22(16-25)14-19(22)21(27)24-15-18-8-11-23-12-9-18/h1-5,8-9,11-12,19H,6-7,10,13-16H2,(H,24,27). The van der Waals surface area contributed by atoms with E-state index < -0.39 is 0 Å². The molecule has 27 heavy (non-hydrogen) atoms. The summed E-state index contributed by atoms with van der Waals surface area (Å²) in [5.74, 6) is 0.371. The zero-order chi connectivity index (χ0) is 18.7. The molecule has 1 aromatic carbocycles. The van der Waals surface area contributed by atoms with Crippen molar-refractivity contribution in [3.63, 3.8) is 0 Å². The maximum atomic E-state index is 12.5. The van der Waals surface area contributed by atoms with Crippen molar-refractivity contribution in [2.45, 2.75) is 32.2 Å². The number of carbonyl (C=O) groups is 2. The first-order chi connectivity index (χ1) is 13.2. The number of aromatic nitrogens is 1. The zero-order valence-corrected chi connectivity index (χ0v) is 15.4. The van der Waals surface area contributed by atoms with Gasteiger partial charge in [0.25, 0.3) is 0 Å². The van der Waals surface area contributed by atoms with Crippen LogP contribution in [0.15, 0.2) is 54.9 Å². The molecule has 0 radical (unpaired) electrons. The van der Waals surface area contributed by atoms with Gasteiger partial charge in [0.2, 0.25) is 11.8 Å². The molecule has 1 aromatic heterocycles. The van der Waals surface area contributed by atoms with Gasteiger partial charge in [-0.05, 0) is 42.5 Å². The fourth-order valence-corrected chi connectivity index (χ4v) is 4.15. The highest BCUT2D eigenvalue weighted by Crippen LogP contribution is 2.58. The predicted octanol–water partition coefficient (Wildman–Crippen LogP) is 2.57. The molecule has 2 atom stereocenters. The van der Waals surface area contributed by atoms with Gasteiger partial charge in [-0.3, -0.25) is 14.6 Å². The molecule has 1 saturated heterocycles. The molecule has 1 N–H and O–H groups in total. The largest absolute Gasteiger partial charge is 0.352 e. The van der Waals surface area contributed by atoms with Crippen molar-refractivity contribution in [1.29, 1.82) is 0 Å². The number of pyridine rings is 1. The highest BCUT2D eigenvalue weighted by atomic mass is 16.2. The molecule has 140 valence electrons. The van der Waals surface area contributed by atoms with Gasteiger partial charge in [-0.2, -0.15) is 0 Å². The van der Waals surface area contributed by atoms with Crippen LogP contribution >= 0.6 is 0 Å². The average Bonchev–Trinajstić information content (AvgIpc) is 3.25. The van der Waals surface area contributed by atoms with Gasteiger partial charge in [-0.25, -0.2) is 0 Å². The van der Waals surface area contributed by atoms with Crippen molar-refractivity contribution in [3.05, 3.63) is 66.0 Å². The molecule has 1 saturated carbocycles. The Morgan fingerprint density at radius 1 is 1.11 bits per heavy atom. The number of rotatable bonds is 6. The van der Waals surface area contributed by atoms with E-state index >= 15 is 0 Å². The van der Waals surface area contributed by atoms with E-state index in [1.807, 2.05) is 35.2 Å². The topological polar surface area (TPSA) is 62.3 Å². The molecule has 5 nitrogen and oxygen atoms in total. The van der Waals surface area contributed by atoms with Crippen LogP contribution in [0, 0.1) is 11.3 Å². The summed E-state index contributed by atoms with van der Waals surface area (Å²) in [4.78, 5) is 31.0. The number of likely N-dealkylation sites (tertiary alicyclic amines) is 1. The molecular formula is C22H25N3O2. The Kier molecular flexibility index (Phi) is 4.92. The number of hydrogen-bond donors (Lipinski definition) is 1. The average molecular weight is 363 g/mol. The first-order valence-corrected chi connectivity index (χ1v) is 9.65. The van der Waals surface area contributed by atoms with Crippen LogP contribution in [0.25, 0.3) is 0 Å². The lowest BCUT2D eigenvalue weighted by atomic mass is 10.0. The van der Waals surface area contributed by atoms with Crippen molar-refractivity contribution < 1.29 is 9.59 Å². The minimum atomic E-state index is 0.0186. The second-order valence-corrected chi connectivity index (χ2v) is 7.74. The number of aryl methyl sites for hydroxylation is 1. The molecule has 1 aliphatic carbocycles. The minimum absolute atomic E-state index is 0.0186. The number of amides is 2. The van der Waals surface area contributed by atoms with Crippen LogP contribution in [0.2, 0.25) is 0 Å². The molecule has 0 bridgehead atoms. The molecule has 2 unspecified atom stereocenters. The third-order valence-electron chi connectivity index (χ3n) is 5.93. The van der Waals surface area contributed by atoms with E-state index in [-0.39, 0.29) is 23.1 Å². The van der Waals surface area contributed by atoms with E-state index in [9.17, 15) is 9.59 Å². The van der Waals surface area contributed by atoms with Gasteiger partial charge >= 0.3 is 0 Å². The van der Waals surface area contributed by atoms with Gasteiger partial charge in [0.15, 0.2) is 0 Å². The zero-order valence-electron chi connectivity index (χ0n) is 15.4. The molecule has 1 aliphatic heterocycles. The summed E-state index contributed by atoms with van der Waals surface area (Å²) in [5.41, 5.74) is 2.27. The van der Waals surface area contributed by atoms with Gasteiger partial charge in [0, 0.05) is 49.8 Å². The predicted molar refractivity (Wildman–Crippen MR) is 103 cm³/mol. The summed E-state index contributed by atoms with van der Waals surface area (Å²) in [6.07, 6.45) is 6.62. The summed E-state index contributed by atoms with van der Waals surface area (Å²) in [6.45, 7) is 2.05. The van der Waals surface area contributed by atoms with Gasteiger partial charge < -0.3 is 10.2 Å². The number of nitrogens with one attached hydrogen (secondary N) is 1. The van der Waals surface area contributed by atoms with Crippen molar-refractivity contribution in [2.75, 3.05) is 13.1 Å². The molecule has 2 aliphatic rings. The van der Waals surface area contributed by atoms with Gasteiger partial charge in [0.05, 0.1) is 0 Å². The molecule has 2 aromatic rings. The van der Waals surface area contributed by atoms with Crippen LogP contribution in [-0.4, -0.2) is 34.8 Å². The quantitative estimate of drug-likeness (QED) is 0.858. The lowest BCUT2D eigenvalue weighted by molar-refractivity contribution is -0.130. The van der Waals surface area contributed by atoms with E-state index in [2.05, 4.69) is 22.4 Å². The second-order valence-electron chi connectivity index (χ2n) is 7.74. The smallest absolute Gasteiger partial charge is 0.224 e. The molecule has 2 fully saturated rings. The van der Waals surface area contributed by atoms with E-state index in [1.54, 1.807) is 12.4 Å².